The number of nitrogens with zero attached hydrogens (tertiary/aromatic N) is 5. The van der Waals surface area contributed by atoms with Crippen LogP contribution in [0.25, 0.3) is 0 Å². The minimum Gasteiger partial charge on any atom is -0.355 e. The maximum Gasteiger partial charge on any atom is 0.226 e. The van der Waals surface area contributed by atoms with Crippen molar-refractivity contribution < 1.29 is 4.79 Å². The standard InChI is InChI=1S/C19H28N6O/c1-13-8-17(23(3)22-13)12-24-6-7-25-11-16(21-19(25)14(24)2)9-18(26)20-10-15-4-5-15/h8,11,14-15H,4-7,9-10,12H2,1-3H3,(H,20,26). The van der Waals surface area contributed by atoms with Crippen LogP contribution in [0.15, 0.2) is 12.3 Å². The Morgan fingerprint density at radius 2 is 2.15 bits per heavy atom. The first kappa shape index (κ1) is 17.3. The summed E-state index contributed by atoms with van der Waals surface area (Å²) in [5.41, 5.74) is 3.14. The molecule has 0 aromatic carbocycles. The van der Waals surface area contributed by atoms with E-state index in [-0.39, 0.29) is 11.9 Å². The van der Waals surface area contributed by atoms with E-state index in [2.05, 4.69) is 32.9 Å². The molecule has 26 heavy (non-hydrogen) atoms. The van der Waals surface area contributed by atoms with E-state index in [9.17, 15) is 4.79 Å². The number of aromatic nitrogens is 4. The largest absolute Gasteiger partial charge is 0.355 e. The highest BCUT2D eigenvalue weighted by molar-refractivity contribution is 5.78. The Hall–Kier alpha value is -2.15. The Bertz CT molecular complexity index is 803. The SMILES string of the molecule is Cc1cc(CN2CCn3cc(CC(=O)NCC4CC4)nc3C2C)n(C)n1. The molecule has 1 unspecified atom stereocenters. The minimum atomic E-state index is 0.0854. The van der Waals surface area contributed by atoms with Crippen LogP contribution in [0.3, 0.4) is 0 Å². The fourth-order valence-corrected chi connectivity index (χ4v) is 3.72. The first-order chi connectivity index (χ1) is 12.5. The van der Waals surface area contributed by atoms with Gasteiger partial charge in [0.05, 0.1) is 29.5 Å². The summed E-state index contributed by atoms with van der Waals surface area (Å²) in [6, 6.07) is 2.37. The fourth-order valence-electron chi connectivity index (χ4n) is 3.72. The number of hydrogen-bond donors (Lipinski definition) is 1. The van der Waals surface area contributed by atoms with Crippen molar-refractivity contribution in [2.75, 3.05) is 13.1 Å². The van der Waals surface area contributed by atoms with E-state index in [0.29, 0.717) is 12.3 Å². The molecular formula is C19H28N6O. The molecule has 7 heteroatoms. The molecule has 1 N–H and O–H groups in total. The summed E-state index contributed by atoms with van der Waals surface area (Å²) in [5, 5.41) is 7.47. The Morgan fingerprint density at radius 1 is 1.35 bits per heavy atom. The van der Waals surface area contributed by atoms with Crippen LogP contribution in [-0.2, 0) is 31.4 Å². The van der Waals surface area contributed by atoms with Crippen molar-refractivity contribution in [3.8, 4) is 0 Å². The van der Waals surface area contributed by atoms with Gasteiger partial charge in [-0.3, -0.25) is 14.4 Å². The number of aryl methyl sites for hydroxylation is 2. The molecule has 3 heterocycles. The van der Waals surface area contributed by atoms with Gasteiger partial charge in [-0.1, -0.05) is 0 Å². The maximum absolute atomic E-state index is 12.1. The summed E-state index contributed by atoms with van der Waals surface area (Å²) in [6.45, 7) is 7.78. The molecule has 0 saturated heterocycles. The van der Waals surface area contributed by atoms with Crippen LogP contribution >= 0.6 is 0 Å². The van der Waals surface area contributed by atoms with Gasteiger partial charge in [-0.2, -0.15) is 5.10 Å². The Balaban J connectivity index is 1.41. The lowest BCUT2D eigenvalue weighted by atomic mass is 10.2. The molecule has 0 spiro atoms. The number of imidazole rings is 1. The van der Waals surface area contributed by atoms with Gasteiger partial charge in [0.2, 0.25) is 5.91 Å². The van der Waals surface area contributed by atoms with Gasteiger partial charge < -0.3 is 9.88 Å². The second-order valence-corrected chi connectivity index (χ2v) is 7.76. The summed E-state index contributed by atoms with van der Waals surface area (Å²) in [6.07, 6.45) is 4.93. The number of amides is 1. The van der Waals surface area contributed by atoms with Crippen LogP contribution < -0.4 is 5.32 Å². The average Bonchev–Trinajstić information content (AvgIpc) is 3.25. The molecule has 4 rings (SSSR count). The summed E-state index contributed by atoms with van der Waals surface area (Å²) in [5.74, 6) is 1.85. The number of fused-ring (bicyclic) bond motifs is 1. The summed E-state index contributed by atoms with van der Waals surface area (Å²) in [4.78, 5) is 19.3. The Kier molecular flexibility index (Phi) is 4.56. The van der Waals surface area contributed by atoms with Gasteiger partial charge in [0.15, 0.2) is 0 Å². The van der Waals surface area contributed by atoms with E-state index in [1.54, 1.807) is 0 Å². The molecule has 1 atom stereocenters. The number of nitrogens with one attached hydrogen (secondary N) is 1. The Morgan fingerprint density at radius 3 is 2.85 bits per heavy atom. The quantitative estimate of drug-likeness (QED) is 0.853. The summed E-state index contributed by atoms with van der Waals surface area (Å²) >= 11 is 0. The highest BCUT2D eigenvalue weighted by atomic mass is 16.1. The van der Waals surface area contributed by atoms with E-state index < -0.39 is 0 Å². The van der Waals surface area contributed by atoms with E-state index in [0.717, 1.165) is 43.4 Å². The highest BCUT2D eigenvalue weighted by Crippen LogP contribution is 2.28. The predicted octanol–water partition coefficient (Wildman–Crippen LogP) is 1.57. The van der Waals surface area contributed by atoms with Crippen molar-refractivity contribution >= 4 is 5.91 Å². The highest BCUT2D eigenvalue weighted by Gasteiger charge is 2.27. The minimum absolute atomic E-state index is 0.0854. The lowest BCUT2D eigenvalue weighted by Gasteiger charge is -2.33. The van der Waals surface area contributed by atoms with Crippen LogP contribution in [0.2, 0.25) is 0 Å². The third kappa shape index (κ3) is 3.67. The molecule has 0 bridgehead atoms. The van der Waals surface area contributed by atoms with E-state index in [4.69, 9.17) is 4.98 Å². The topological polar surface area (TPSA) is 68.0 Å². The van der Waals surface area contributed by atoms with Crippen LogP contribution in [0.4, 0.5) is 0 Å². The van der Waals surface area contributed by atoms with E-state index in [1.165, 1.54) is 18.5 Å². The van der Waals surface area contributed by atoms with Crippen LogP contribution in [0.5, 0.6) is 0 Å². The monoisotopic (exact) mass is 356 g/mol. The van der Waals surface area contributed by atoms with E-state index in [1.807, 2.05) is 24.9 Å². The van der Waals surface area contributed by atoms with Crippen LogP contribution in [0.1, 0.15) is 48.7 Å². The normalized spacial score (nSPS) is 20.2. The average molecular weight is 356 g/mol. The second-order valence-electron chi connectivity index (χ2n) is 7.76. The number of hydrogen-bond acceptors (Lipinski definition) is 4. The second kappa shape index (κ2) is 6.87. The zero-order valence-corrected chi connectivity index (χ0v) is 15.9. The molecule has 2 aromatic rings. The maximum atomic E-state index is 12.1. The Labute approximate surface area is 154 Å². The molecule has 2 aliphatic rings. The predicted molar refractivity (Wildman–Crippen MR) is 98.4 cm³/mol. The van der Waals surface area contributed by atoms with Crippen molar-refractivity contribution in [2.45, 2.75) is 52.2 Å². The van der Waals surface area contributed by atoms with Crippen molar-refractivity contribution in [3.63, 3.8) is 0 Å². The molecule has 0 radical (unpaired) electrons. The third-order valence-corrected chi connectivity index (χ3v) is 5.50. The smallest absolute Gasteiger partial charge is 0.226 e. The van der Waals surface area contributed by atoms with Gasteiger partial charge >= 0.3 is 0 Å². The van der Waals surface area contributed by atoms with Gasteiger partial charge in [0, 0.05) is 39.4 Å². The first-order valence-corrected chi connectivity index (χ1v) is 9.56. The van der Waals surface area contributed by atoms with Crippen LogP contribution in [0, 0.1) is 12.8 Å². The lowest BCUT2D eigenvalue weighted by Crippen LogP contribution is -2.36. The molecule has 140 valence electrons. The summed E-state index contributed by atoms with van der Waals surface area (Å²) in [7, 11) is 2.00. The van der Waals surface area contributed by atoms with Gasteiger partial charge in [0.25, 0.3) is 0 Å². The first-order valence-electron chi connectivity index (χ1n) is 9.56. The zero-order chi connectivity index (χ0) is 18.3. The molecule has 7 nitrogen and oxygen atoms in total. The van der Waals surface area contributed by atoms with Crippen molar-refractivity contribution in [1.29, 1.82) is 0 Å². The molecule has 1 aliphatic heterocycles. The number of carbonyl (C=O) groups is 1. The molecule has 1 saturated carbocycles. The molecule has 1 fully saturated rings. The third-order valence-electron chi connectivity index (χ3n) is 5.50. The van der Waals surface area contributed by atoms with Crippen molar-refractivity contribution in [3.05, 3.63) is 35.2 Å². The molecule has 1 amide bonds. The van der Waals surface area contributed by atoms with Crippen LogP contribution in [-0.4, -0.2) is 43.2 Å². The molecule has 1 aliphatic carbocycles. The molecule has 2 aromatic heterocycles. The van der Waals surface area contributed by atoms with Crippen molar-refractivity contribution in [2.24, 2.45) is 13.0 Å². The summed E-state index contributed by atoms with van der Waals surface area (Å²) < 4.78 is 4.16. The van der Waals surface area contributed by atoms with Gasteiger partial charge in [0.1, 0.15) is 5.82 Å². The van der Waals surface area contributed by atoms with Gasteiger partial charge in [-0.15, -0.1) is 0 Å². The molecular weight excluding hydrogens is 328 g/mol. The number of carbonyl (C=O) groups excluding carboxylic acids is 1. The van der Waals surface area contributed by atoms with Gasteiger partial charge in [-0.05, 0) is 38.7 Å². The fraction of sp³-hybridized carbons (Fsp3) is 0.632. The van der Waals surface area contributed by atoms with E-state index >= 15 is 0 Å². The lowest BCUT2D eigenvalue weighted by molar-refractivity contribution is -0.120. The zero-order valence-electron chi connectivity index (χ0n) is 15.9. The number of rotatable bonds is 6. The van der Waals surface area contributed by atoms with Gasteiger partial charge in [-0.25, -0.2) is 4.98 Å². The van der Waals surface area contributed by atoms with Crippen molar-refractivity contribution in [1.82, 2.24) is 29.5 Å².